The van der Waals surface area contributed by atoms with Crippen molar-refractivity contribution in [3.8, 4) is 0 Å². The number of alkyl halides is 16. The summed E-state index contributed by atoms with van der Waals surface area (Å²) in [5.74, 6) is -2.16. The van der Waals surface area contributed by atoms with Crippen LogP contribution in [0.2, 0.25) is 0 Å². The predicted molar refractivity (Wildman–Crippen MR) is 218 cm³/mol. The first kappa shape index (κ1) is 63.4. The number of thioether (sulfide) groups is 5. The van der Waals surface area contributed by atoms with Crippen LogP contribution in [0.15, 0.2) is 0 Å². The average Bonchev–Trinajstić information content (AvgIpc) is 3.14. The van der Waals surface area contributed by atoms with Crippen LogP contribution in [0.25, 0.3) is 0 Å². The van der Waals surface area contributed by atoms with Crippen LogP contribution in [-0.2, 0) is 28.4 Å². The first-order valence-corrected chi connectivity index (χ1v) is 25.0. The maximum absolute atomic E-state index is 15.6. The first-order valence-electron chi connectivity index (χ1n) is 19.7. The lowest BCUT2D eigenvalue weighted by atomic mass is 10.0. The van der Waals surface area contributed by atoms with E-state index >= 15 is 17.6 Å². The van der Waals surface area contributed by atoms with Crippen molar-refractivity contribution >= 4 is 58.8 Å². The van der Waals surface area contributed by atoms with Crippen molar-refractivity contribution in [2.24, 2.45) is 11.8 Å². The fourth-order valence-electron chi connectivity index (χ4n) is 5.46. The Morgan fingerprint density at radius 2 is 0.778 bits per heavy atom. The summed E-state index contributed by atoms with van der Waals surface area (Å²) in [5.41, 5.74) is 0. The van der Waals surface area contributed by atoms with Crippen molar-refractivity contribution in [2.45, 2.75) is 161 Å². The summed E-state index contributed by atoms with van der Waals surface area (Å²) < 4.78 is 256. The highest BCUT2D eigenvalue weighted by Crippen LogP contribution is 2.60. The van der Waals surface area contributed by atoms with E-state index in [1.165, 1.54) is 27.7 Å². The van der Waals surface area contributed by atoms with Gasteiger partial charge in [-0.15, -0.1) is 47.0 Å². The maximum Gasteiger partial charge on any atom is 0.483 e. The molecule has 0 aliphatic carbocycles. The molecule has 0 bridgehead atoms. The van der Waals surface area contributed by atoms with Gasteiger partial charge in [0.05, 0.1) is 26.1 Å². The Labute approximate surface area is 379 Å². The van der Waals surface area contributed by atoms with Crippen molar-refractivity contribution in [3.63, 3.8) is 0 Å². The summed E-state index contributed by atoms with van der Waals surface area (Å²) in [6, 6.07) is 0. The maximum atomic E-state index is 15.6. The van der Waals surface area contributed by atoms with Gasteiger partial charge in [-0.1, -0.05) is 80.1 Å². The molecule has 6 unspecified atom stereocenters. The number of unbranched alkanes of at least 4 members (excludes halogenated alkanes) is 2. The van der Waals surface area contributed by atoms with Gasteiger partial charge in [0.1, 0.15) is 13.2 Å². The molecule has 63 heavy (non-hydrogen) atoms. The molecule has 0 radical (unpaired) electrons. The molecule has 0 amide bonds. The monoisotopic (exact) mass is 1050 g/mol. The van der Waals surface area contributed by atoms with Gasteiger partial charge in [-0.3, -0.25) is 9.47 Å². The second-order valence-corrected chi connectivity index (χ2v) is 21.1. The third kappa shape index (κ3) is 22.6. The van der Waals surface area contributed by atoms with Crippen LogP contribution >= 0.6 is 58.8 Å². The summed E-state index contributed by atoms with van der Waals surface area (Å²) >= 11 is 0.391. The number of hydrogen-bond donors (Lipinski definition) is 0. The minimum absolute atomic E-state index is 0.0896. The summed E-state index contributed by atoms with van der Waals surface area (Å²) in [5, 5.41) is -8.10. The Bertz CT molecular complexity index is 1180. The van der Waals surface area contributed by atoms with Crippen molar-refractivity contribution in [1.82, 2.24) is 0 Å². The van der Waals surface area contributed by atoms with E-state index in [0.29, 0.717) is 49.2 Å². The van der Waals surface area contributed by atoms with Crippen LogP contribution in [0.4, 0.5) is 70.2 Å². The van der Waals surface area contributed by atoms with Gasteiger partial charge < -0.3 is 18.9 Å². The Hall–Kier alpha value is 0.390. The summed E-state index contributed by atoms with van der Waals surface area (Å²) in [4.78, 5) is 0. The van der Waals surface area contributed by atoms with E-state index < -0.39 is 119 Å². The van der Waals surface area contributed by atoms with Gasteiger partial charge in [-0.25, -0.2) is 0 Å². The highest BCUT2D eigenvalue weighted by atomic mass is 32.2. The Morgan fingerprint density at radius 1 is 0.460 bits per heavy atom. The van der Waals surface area contributed by atoms with Gasteiger partial charge >= 0.3 is 36.9 Å². The molecule has 0 aromatic heterocycles. The van der Waals surface area contributed by atoms with E-state index in [0.717, 1.165) is 12.5 Å². The molecule has 0 aliphatic heterocycles. The molecule has 6 nitrogen and oxygen atoms in total. The standard InChI is InChI=1S/C36H58F16O6S5/c1-9-15-17-25(11-3)19-53-29(57-35(49,50)33(43,44)45,21-31(59-7,61-13-5)55-23-27(37,38)39)63-30(58-36(51,52)34(46,47)48,54-20-26(12-4)18-16-10-2)22-32(60-8,62-14-6)56-24-28(40,41)42/h25-26H,9-24H2,1-8H3. The Kier molecular flexibility index (Phi) is 27.1. The molecule has 0 aromatic rings. The molecule has 0 saturated carbocycles. The highest BCUT2D eigenvalue weighted by molar-refractivity contribution is 8.18. The smallest absolute Gasteiger partial charge is 0.345 e. The van der Waals surface area contributed by atoms with Crippen LogP contribution in [0.5, 0.6) is 0 Å². The molecule has 6 atom stereocenters. The second kappa shape index (κ2) is 27.0. The zero-order valence-electron chi connectivity index (χ0n) is 36.0. The van der Waals surface area contributed by atoms with Crippen LogP contribution < -0.4 is 0 Å². The van der Waals surface area contributed by atoms with E-state index in [9.17, 15) is 52.7 Å². The zero-order chi connectivity index (χ0) is 49.2. The average molecular weight is 1050 g/mol. The van der Waals surface area contributed by atoms with Crippen molar-refractivity contribution in [1.29, 1.82) is 0 Å². The van der Waals surface area contributed by atoms with E-state index in [1.54, 1.807) is 13.8 Å². The molecule has 0 saturated heterocycles. The molecular weight excluding hydrogens is 993 g/mol. The molecule has 0 heterocycles. The third-order valence-corrected chi connectivity index (χ3v) is 15.6. The SMILES string of the molecule is CCCCC(CC)COC(CC(OCC(F)(F)F)(SC)SCC)(OC(F)(F)C(F)(F)F)SC(CC(OCC(F)(F)F)(SC)SCC)(OCC(CC)CCCC)OC(F)(F)C(F)(F)F. The van der Waals surface area contributed by atoms with Crippen molar-refractivity contribution in [2.75, 3.05) is 50.4 Å². The predicted octanol–water partition coefficient (Wildman–Crippen LogP) is 15.3. The van der Waals surface area contributed by atoms with Gasteiger partial charge in [0.2, 0.25) is 10.2 Å². The lowest BCUT2D eigenvalue weighted by molar-refractivity contribution is -0.442. The van der Waals surface area contributed by atoms with Gasteiger partial charge in [-0.05, 0) is 60.5 Å². The van der Waals surface area contributed by atoms with Crippen LogP contribution in [-0.4, -0.2) is 106 Å². The molecule has 0 rings (SSSR count). The normalized spacial score (nSPS) is 18.7. The molecular formula is C36H58F16O6S5. The van der Waals surface area contributed by atoms with E-state index in [4.69, 9.17) is 18.9 Å². The number of ether oxygens (including phenoxy) is 6. The van der Waals surface area contributed by atoms with Crippen LogP contribution in [0.1, 0.15) is 106 Å². The Morgan fingerprint density at radius 3 is 1.00 bits per heavy atom. The lowest BCUT2D eigenvalue weighted by Crippen LogP contribution is -2.57. The van der Waals surface area contributed by atoms with Gasteiger partial charge in [0, 0.05) is 0 Å². The lowest BCUT2D eigenvalue weighted by Gasteiger charge is -2.49. The highest BCUT2D eigenvalue weighted by Gasteiger charge is 2.70. The van der Waals surface area contributed by atoms with Crippen LogP contribution in [0, 0.1) is 11.8 Å². The molecule has 27 heteroatoms. The van der Waals surface area contributed by atoms with Crippen molar-refractivity contribution < 1.29 is 98.7 Å². The molecule has 0 fully saturated rings. The summed E-state index contributed by atoms with van der Waals surface area (Å²) in [7, 11) is 0. The van der Waals surface area contributed by atoms with Gasteiger partial charge in [-0.2, -0.15) is 70.2 Å². The minimum atomic E-state index is -6.72. The van der Waals surface area contributed by atoms with Gasteiger partial charge in [0.25, 0.3) is 0 Å². The quantitative estimate of drug-likeness (QED) is 0.0458. The minimum Gasteiger partial charge on any atom is -0.345 e. The number of hydrogen-bond acceptors (Lipinski definition) is 11. The number of halogens is 16. The molecule has 0 spiro atoms. The van der Waals surface area contributed by atoms with E-state index in [-0.39, 0.29) is 60.7 Å². The Balaban J connectivity index is 9.06. The number of rotatable bonds is 34. The summed E-state index contributed by atoms with van der Waals surface area (Å²) in [6.45, 7) is 2.88. The fraction of sp³-hybridized carbons (Fsp3) is 1.00. The van der Waals surface area contributed by atoms with E-state index in [1.807, 2.05) is 0 Å². The molecule has 0 aliphatic rings. The largest absolute Gasteiger partial charge is 0.483 e. The zero-order valence-corrected chi connectivity index (χ0v) is 40.1. The van der Waals surface area contributed by atoms with Crippen molar-refractivity contribution in [3.05, 3.63) is 0 Å². The summed E-state index contributed by atoms with van der Waals surface area (Å²) in [6.07, 6.45) is -35.8. The molecule has 380 valence electrons. The fourth-order valence-corrected chi connectivity index (χ4v) is 11.8. The molecule has 0 N–H and O–H groups in total. The van der Waals surface area contributed by atoms with E-state index in [2.05, 4.69) is 9.47 Å². The topological polar surface area (TPSA) is 55.4 Å². The third-order valence-electron chi connectivity index (χ3n) is 8.83. The second-order valence-electron chi connectivity index (χ2n) is 14.0. The first-order chi connectivity index (χ1) is 28.7. The molecule has 0 aromatic carbocycles. The van der Waals surface area contributed by atoms with Crippen LogP contribution in [0.3, 0.4) is 0 Å². The van der Waals surface area contributed by atoms with Gasteiger partial charge in [0.15, 0.2) is 8.53 Å².